The van der Waals surface area contributed by atoms with Crippen molar-refractivity contribution >= 4 is 5.69 Å². The van der Waals surface area contributed by atoms with E-state index in [4.69, 9.17) is 9.47 Å². The lowest BCUT2D eigenvalue weighted by molar-refractivity contribution is -0.385. The van der Waals surface area contributed by atoms with Gasteiger partial charge in [0.05, 0.1) is 18.1 Å². The SMILES string of the molecule is CC1(c2ccc([N+](=O)[O-])cc2)OCC2(CO1)CC1C=CC2C1. The molecule has 5 nitrogen and oxygen atoms in total. The second kappa shape index (κ2) is 4.64. The minimum atomic E-state index is -0.814. The number of nitro benzene ring substituents is 1. The first-order valence-corrected chi connectivity index (χ1v) is 7.72. The molecule has 2 aliphatic carbocycles. The van der Waals surface area contributed by atoms with Crippen LogP contribution in [-0.2, 0) is 15.3 Å². The predicted molar refractivity (Wildman–Crippen MR) is 80.1 cm³/mol. The quantitative estimate of drug-likeness (QED) is 0.477. The fourth-order valence-electron chi connectivity index (χ4n) is 4.08. The first kappa shape index (κ1) is 13.9. The molecule has 1 saturated heterocycles. The van der Waals surface area contributed by atoms with E-state index < -0.39 is 10.7 Å². The second-order valence-electron chi connectivity index (χ2n) is 6.88. The van der Waals surface area contributed by atoms with Gasteiger partial charge in [0.15, 0.2) is 5.79 Å². The molecule has 2 atom stereocenters. The van der Waals surface area contributed by atoms with E-state index in [-0.39, 0.29) is 11.1 Å². The van der Waals surface area contributed by atoms with Gasteiger partial charge in [-0.15, -0.1) is 0 Å². The van der Waals surface area contributed by atoms with Crippen LogP contribution in [0.3, 0.4) is 0 Å². The highest BCUT2D eigenvalue weighted by molar-refractivity contribution is 5.34. The average molecular weight is 301 g/mol. The highest BCUT2D eigenvalue weighted by atomic mass is 16.7. The molecule has 5 heteroatoms. The van der Waals surface area contributed by atoms with Gasteiger partial charge in [0.1, 0.15) is 0 Å². The number of benzene rings is 1. The Kier molecular flexibility index (Phi) is 2.93. The molecule has 0 aromatic heterocycles. The van der Waals surface area contributed by atoms with Gasteiger partial charge in [-0.05, 0) is 43.7 Å². The third kappa shape index (κ3) is 2.00. The molecule has 0 radical (unpaired) electrons. The first-order chi connectivity index (χ1) is 10.5. The molecule has 22 heavy (non-hydrogen) atoms. The van der Waals surface area contributed by atoms with Crippen molar-refractivity contribution in [1.82, 2.24) is 0 Å². The largest absolute Gasteiger partial charge is 0.345 e. The van der Waals surface area contributed by atoms with Crippen LogP contribution in [0.15, 0.2) is 36.4 Å². The molecule has 2 fully saturated rings. The zero-order valence-corrected chi connectivity index (χ0v) is 12.5. The van der Waals surface area contributed by atoms with Crippen molar-refractivity contribution in [3.8, 4) is 0 Å². The van der Waals surface area contributed by atoms with Crippen LogP contribution in [0, 0.1) is 27.4 Å². The van der Waals surface area contributed by atoms with Gasteiger partial charge in [-0.2, -0.15) is 0 Å². The van der Waals surface area contributed by atoms with Crippen molar-refractivity contribution in [2.24, 2.45) is 17.3 Å². The summed E-state index contributed by atoms with van der Waals surface area (Å²) in [5.74, 6) is 0.436. The number of ether oxygens (including phenoxy) is 2. The average Bonchev–Trinajstić information content (AvgIpc) is 3.12. The minimum absolute atomic E-state index is 0.0814. The topological polar surface area (TPSA) is 61.6 Å². The summed E-state index contributed by atoms with van der Waals surface area (Å²) in [7, 11) is 0. The maximum atomic E-state index is 10.7. The van der Waals surface area contributed by atoms with E-state index in [1.165, 1.54) is 18.6 Å². The highest BCUT2D eigenvalue weighted by Crippen LogP contribution is 2.55. The third-order valence-corrected chi connectivity index (χ3v) is 5.50. The Hall–Kier alpha value is -1.72. The number of non-ortho nitro benzene ring substituents is 1. The number of nitro groups is 1. The summed E-state index contributed by atoms with van der Waals surface area (Å²) in [6.07, 6.45) is 7.00. The maximum Gasteiger partial charge on any atom is 0.269 e. The van der Waals surface area contributed by atoms with Crippen LogP contribution in [0.25, 0.3) is 0 Å². The van der Waals surface area contributed by atoms with Gasteiger partial charge >= 0.3 is 0 Å². The van der Waals surface area contributed by atoms with Crippen molar-refractivity contribution < 1.29 is 14.4 Å². The van der Waals surface area contributed by atoms with Gasteiger partial charge in [0, 0.05) is 23.1 Å². The molecule has 1 aromatic carbocycles. The second-order valence-corrected chi connectivity index (χ2v) is 6.88. The fourth-order valence-corrected chi connectivity index (χ4v) is 4.08. The lowest BCUT2D eigenvalue weighted by Crippen LogP contribution is -2.48. The van der Waals surface area contributed by atoms with E-state index in [0.717, 1.165) is 12.0 Å². The van der Waals surface area contributed by atoms with Gasteiger partial charge in [0.25, 0.3) is 5.69 Å². The normalized spacial score (nSPS) is 39.5. The third-order valence-electron chi connectivity index (χ3n) is 5.50. The summed E-state index contributed by atoms with van der Waals surface area (Å²) in [5.41, 5.74) is 1.03. The summed E-state index contributed by atoms with van der Waals surface area (Å²) >= 11 is 0. The highest BCUT2D eigenvalue weighted by Gasteiger charge is 2.53. The monoisotopic (exact) mass is 301 g/mol. The molecule has 0 N–H and O–H groups in total. The van der Waals surface area contributed by atoms with Crippen molar-refractivity contribution in [1.29, 1.82) is 0 Å². The number of hydrogen-bond donors (Lipinski definition) is 0. The lowest BCUT2D eigenvalue weighted by atomic mass is 9.76. The van der Waals surface area contributed by atoms with E-state index in [1.54, 1.807) is 12.1 Å². The molecule has 0 amide bonds. The van der Waals surface area contributed by atoms with Crippen molar-refractivity contribution in [2.45, 2.75) is 25.6 Å². The Bertz CT molecular complexity index is 629. The van der Waals surface area contributed by atoms with Gasteiger partial charge in [-0.25, -0.2) is 0 Å². The molecule has 1 spiro atoms. The number of fused-ring (bicyclic) bond motifs is 3. The molecule has 1 aromatic rings. The van der Waals surface area contributed by atoms with E-state index in [2.05, 4.69) is 12.2 Å². The van der Waals surface area contributed by atoms with Gasteiger partial charge < -0.3 is 9.47 Å². The molecule has 2 bridgehead atoms. The summed E-state index contributed by atoms with van der Waals surface area (Å²) < 4.78 is 12.2. The van der Waals surface area contributed by atoms with Gasteiger partial charge in [-0.3, -0.25) is 10.1 Å². The van der Waals surface area contributed by atoms with E-state index in [9.17, 15) is 10.1 Å². The van der Waals surface area contributed by atoms with E-state index >= 15 is 0 Å². The fraction of sp³-hybridized carbons (Fsp3) is 0.529. The maximum absolute atomic E-state index is 10.7. The smallest absolute Gasteiger partial charge is 0.269 e. The van der Waals surface area contributed by atoms with E-state index in [0.29, 0.717) is 25.0 Å². The van der Waals surface area contributed by atoms with Crippen LogP contribution < -0.4 is 0 Å². The summed E-state index contributed by atoms with van der Waals surface area (Å²) in [5, 5.41) is 10.7. The van der Waals surface area contributed by atoms with Crippen molar-refractivity contribution in [2.75, 3.05) is 13.2 Å². The summed E-state index contributed by atoms with van der Waals surface area (Å²) in [6, 6.07) is 6.43. The number of hydrogen-bond acceptors (Lipinski definition) is 4. The van der Waals surface area contributed by atoms with Crippen molar-refractivity contribution in [3.05, 3.63) is 52.1 Å². The van der Waals surface area contributed by atoms with Crippen LogP contribution in [-0.4, -0.2) is 18.1 Å². The zero-order valence-electron chi connectivity index (χ0n) is 12.5. The van der Waals surface area contributed by atoms with Crippen LogP contribution in [0.2, 0.25) is 0 Å². The van der Waals surface area contributed by atoms with Crippen LogP contribution in [0.4, 0.5) is 5.69 Å². The van der Waals surface area contributed by atoms with Crippen LogP contribution in [0.5, 0.6) is 0 Å². The standard InChI is InChI=1S/C17H19NO4/c1-16(13-4-6-15(7-5-13)18(19)20)21-10-17(11-22-16)9-12-2-3-14(17)8-12/h2-7,12,14H,8-11H2,1H3. The molecule has 1 aliphatic heterocycles. The molecular weight excluding hydrogens is 282 g/mol. The Morgan fingerprint density at radius 1 is 1.18 bits per heavy atom. The van der Waals surface area contributed by atoms with Crippen molar-refractivity contribution in [3.63, 3.8) is 0 Å². The predicted octanol–water partition coefficient (Wildman–Crippen LogP) is 3.40. The molecule has 3 aliphatic rings. The van der Waals surface area contributed by atoms with Crippen LogP contribution in [0.1, 0.15) is 25.3 Å². The molecule has 4 rings (SSSR count). The van der Waals surface area contributed by atoms with Crippen LogP contribution >= 0.6 is 0 Å². The number of rotatable bonds is 2. The molecule has 2 unspecified atom stereocenters. The summed E-state index contributed by atoms with van der Waals surface area (Å²) in [6.45, 7) is 3.27. The lowest BCUT2D eigenvalue weighted by Gasteiger charge is -2.46. The Morgan fingerprint density at radius 2 is 1.86 bits per heavy atom. The Labute approximate surface area is 129 Å². The Balaban J connectivity index is 1.52. The number of nitrogens with zero attached hydrogens (tertiary/aromatic N) is 1. The molecule has 1 heterocycles. The minimum Gasteiger partial charge on any atom is -0.345 e. The van der Waals surface area contributed by atoms with Gasteiger partial charge in [-0.1, -0.05) is 12.2 Å². The molecule has 1 saturated carbocycles. The first-order valence-electron chi connectivity index (χ1n) is 7.72. The molecule has 116 valence electrons. The zero-order chi connectivity index (χ0) is 15.4. The van der Waals surface area contributed by atoms with Gasteiger partial charge in [0.2, 0.25) is 0 Å². The number of allylic oxidation sites excluding steroid dienone is 2. The van der Waals surface area contributed by atoms with E-state index in [1.807, 2.05) is 6.92 Å². The molecular formula is C17H19NO4. The summed E-state index contributed by atoms with van der Waals surface area (Å²) in [4.78, 5) is 10.4. The Morgan fingerprint density at radius 3 is 2.36 bits per heavy atom.